The molecule has 0 amide bonds. The molecule has 2 aromatic rings. The molecule has 0 unspecified atom stereocenters. The number of nitrogens with zero attached hydrogens (tertiary/aromatic N) is 1. The van der Waals surface area contributed by atoms with Crippen LogP contribution in [0.25, 0.3) is 11.3 Å². The van der Waals surface area contributed by atoms with E-state index in [4.69, 9.17) is 0 Å². The van der Waals surface area contributed by atoms with Gasteiger partial charge in [0.25, 0.3) is 0 Å². The van der Waals surface area contributed by atoms with E-state index >= 15 is 0 Å². The molecule has 22 heavy (non-hydrogen) atoms. The van der Waals surface area contributed by atoms with Crippen LogP contribution in [-0.2, 0) is 12.8 Å². The molecule has 1 heterocycles. The maximum absolute atomic E-state index is 4.63. The zero-order chi connectivity index (χ0) is 15.6. The smallest absolute Gasteiger partial charge is 0.0702 e. The number of benzene rings is 1. The van der Waals surface area contributed by atoms with Gasteiger partial charge >= 0.3 is 0 Å². The third-order valence-electron chi connectivity index (χ3n) is 4.30. The van der Waals surface area contributed by atoms with Crippen molar-refractivity contribution in [3.05, 3.63) is 53.7 Å². The summed E-state index contributed by atoms with van der Waals surface area (Å²) in [7, 11) is 0. The van der Waals surface area contributed by atoms with Crippen molar-refractivity contribution >= 4 is 0 Å². The van der Waals surface area contributed by atoms with Gasteiger partial charge in [0.2, 0.25) is 0 Å². The first kappa shape index (κ1) is 16.7. The summed E-state index contributed by atoms with van der Waals surface area (Å²) in [6.45, 7) is 4.45. The maximum atomic E-state index is 4.63. The summed E-state index contributed by atoms with van der Waals surface area (Å²) < 4.78 is 0. The highest BCUT2D eigenvalue weighted by atomic mass is 14.7. The molecule has 118 valence electrons. The SMILES string of the molecule is CCCCCCCCc1ccc(-c2ccc(CC)cc2)nc1. The zero-order valence-electron chi connectivity index (χ0n) is 14.1. The summed E-state index contributed by atoms with van der Waals surface area (Å²) in [4.78, 5) is 4.63. The molecule has 1 heteroatoms. The molecular weight excluding hydrogens is 266 g/mol. The summed E-state index contributed by atoms with van der Waals surface area (Å²) in [5.41, 5.74) is 5.03. The first-order chi connectivity index (χ1) is 10.8. The number of rotatable bonds is 9. The fourth-order valence-electron chi connectivity index (χ4n) is 2.76. The van der Waals surface area contributed by atoms with Crippen LogP contribution in [0.1, 0.15) is 63.5 Å². The Hall–Kier alpha value is -1.63. The van der Waals surface area contributed by atoms with E-state index in [1.54, 1.807) is 0 Å². The molecule has 1 aromatic carbocycles. The van der Waals surface area contributed by atoms with E-state index in [2.05, 4.69) is 61.4 Å². The second-order valence-corrected chi connectivity index (χ2v) is 6.12. The average Bonchev–Trinajstić information content (AvgIpc) is 2.59. The molecule has 1 nitrogen and oxygen atoms in total. The van der Waals surface area contributed by atoms with E-state index in [1.807, 2.05) is 0 Å². The lowest BCUT2D eigenvalue weighted by Crippen LogP contribution is -1.90. The largest absolute Gasteiger partial charge is 0.256 e. The Morgan fingerprint density at radius 1 is 0.727 bits per heavy atom. The van der Waals surface area contributed by atoms with Crippen LogP contribution in [0.2, 0.25) is 0 Å². The van der Waals surface area contributed by atoms with Crippen molar-refractivity contribution in [3.8, 4) is 11.3 Å². The second kappa shape index (κ2) is 9.40. The first-order valence-corrected chi connectivity index (χ1v) is 8.87. The molecule has 0 radical (unpaired) electrons. The minimum Gasteiger partial charge on any atom is -0.256 e. The van der Waals surface area contributed by atoms with Crippen molar-refractivity contribution in [3.63, 3.8) is 0 Å². The molecule has 0 bridgehead atoms. The Morgan fingerprint density at radius 2 is 1.41 bits per heavy atom. The molecule has 0 N–H and O–H groups in total. The van der Waals surface area contributed by atoms with E-state index in [9.17, 15) is 0 Å². The van der Waals surface area contributed by atoms with Crippen LogP contribution in [-0.4, -0.2) is 4.98 Å². The predicted molar refractivity (Wildman–Crippen MR) is 96.1 cm³/mol. The molecular formula is C21H29N. The van der Waals surface area contributed by atoms with Gasteiger partial charge in [0.15, 0.2) is 0 Å². The average molecular weight is 295 g/mol. The lowest BCUT2D eigenvalue weighted by Gasteiger charge is -2.05. The van der Waals surface area contributed by atoms with E-state index in [1.165, 1.54) is 55.2 Å². The lowest BCUT2D eigenvalue weighted by molar-refractivity contribution is 0.607. The van der Waals surface area contributed by atoms with Gasteiger partial charge in [-0.25, -0.2) is 0 Å². The summed E-state index contributed by atoms with van der Waals surface area (Å²) in [6, 6.07) is 13.1. The lowest BCUT2D eigenvalue weighted by atomic mass is 10.0. The molecule has 1 aromatic heterocycles. The molecule has 0 saturated heterocycles. The van der Waals surface area contributed by atoms with E-state index in [-0.39, 0.29) is 0 Å². The number of aromatic nitrogens is 1. The second-order valence-electron chi connectivity index (χ2n) is 6.12. The van der Waals surface area contributed by atoms with Crippen molar-refractivity contribution in [1.82, 2.24) is 4.98 Å². The van der Waals surface area contributed by atoms with E-state index in [0.717, 1.165) is 18.5 Å². The van der Waals surface area contributed by atoms with E-state index in [0.29, 0.717) is 0 Å². The Labute approximate surface area is 135 Å². The van der Waals surface area contributed by atoms with Crippen LogP contribution < -0.4 is 0 Å². The Bertz CT molecular complexity index is 525. The van der Waals surface area contributed by atoms with Gasteiger partial charge in [-0.05, 0) is 36.5 Å². The summed E-state index contributed by atoms with van der Waals surface area (Å²) >= 11 is 0. The monoisotopic (exact) mass is 295 g/mol. The molecule has 0 fully saturated rings. The Morgan fingerprint density at radius 3 is 2.05 bits per heavy atom. The van der Waals surface area contributed by atoms with Crippen molar-refractivity contribution in [1.29, 1.82) is 0 Å². The van der Waals surface area contributed by atoms with E-state index < -0.39 is 0 Å². The fraction of sp³-hybridized carbons (Fsp3) is 0.476. The van der Waals surface area contributed by atoms with Crippen LogP contribution in [0.3, 0.4) is 0 Å². The number of pyridine rings is 1. The molecule has 0 atom stereocenters. The minimum absolute atomic E-state index is 1.08. The van der Waals surface area contributed by atoms with Crippen molar-refractivity contribution in [2.75, 3.05) is 0 Å². The Balaban J connectivity index is 1.82. The van der Waals surface area contributed by atoms with Crippen LogP contribution in [0.4, 0.5) is 0 Å². The summed E-state index contributed by atoms with van der Waals surface area (Å²) in [6.07, 6.45) is 12.4. The molecule has 0 aliphatic heterocycles. The normalized spacial score (nSPS) is 10.8. The standard InChI is InChI=1S/C21H29N/c1-3-5-6-7-8-9-10-19-13-16-21(22-17-19)20-14-11-18(4-2)12-15-20/h11-17H,3-10H2,1-2H3. The quantitative estimate of drug-likeness (QED) is 0.501. The molecule has 0 saturated carbocycles. The van der Waals surface area contributed by atoms with Gasteiger partial charge in [0.1, 0.15) is 0 Å². The van der Waals surface area contributed by atoms with Crippen molar-refractivity contribution in [2.24, 2.45) is 0 Å². The maximum Gasteiger partial charge on any atom is 0.0702 e. The van der Waals surface area contributed by atoms with Gasteiger partial charge in [-0.3, -0.25) is 4.98 Å². The summed E-state index contributed by atoms with van der Waals surface area (Å²) in [5, 5.41) is 0. The molecule has 2 rings (SSSR count). The van der Waals surface area contributed by atoms with Gasteiger partial charge in [-0.1, -0.05) is 76.3 Å². The Kier molecular flexibility index (Phi) is 7.15. The van der Waals surface area contributed by atoms with Crippen LogP contribution in [0, 0.1) is 0 Å². The van der Waals surface area contributed by atoms with Gasteiger partial charge in [0, 0.05) is 11.8 Å². The molecule has 0 aliphatic carbocycles. The van der Waals surface area contributed by atoms with Gasteiger partial charge in [-0.2, -0.15) is 0 Å². The van der Waals surface area contributed by atoms with Gasteiger partial charge in [-0.15, -0.1) is 0 Å². The zero-order valence-corrected chi connectivity index (χ0v) is 14.1. The first-order valence-electron chi connectivity index (χ1n) is 8.87. The third-order valence-corrected chi connectivity index (χ3v) is 4.30. The molecule has 0 spiro atoms. The van der Waals surface area contributed by atoms with Crippen molar-refractivity contribution in [2.45, 2.75) is 65.2 Å². The minimum atomic E-state index is 1.08. The third kappa shape index (κ3) is 5.29. The number of hydrogen-bond donors (Lipinski definition) is 0. The molecule has 0 aliphatic rings. The number of aryl methyl sites for hydroxylation is 2. The summed E-state index contributed by atoms with van der Waals surface area (Å²) in [5.74, 6) is 0. The fourth-order valence-corrected chi connectivity index (χ4v) is 2.76. The van der Waals surface area contributed by atoms with Crippen LogP contribution >= 0.6 is 0 Å². The predicted octanol–water partition coefficient (Wildman–Crippen LogP) is 6.21. The highest BCUT2D eigenvalue weighted by molar-refractivity contribution is 5.59. The topological polar surface area (TPSA) is 12.9 Å². The van der Waals surface area contributed by atoms with Gasteiger partial charge in [0.05, 0.1) is 5.69 Å². The highest BCUT2D eigenvalue weighted by Crippen LogP contribution is 2.19. The van der Waals surface area contributed by atoms with Crippen LogP contribution in [0.15, 0.2) is 42.6 Å². The number of unbranched alkanes of at least 4 members (excludes halogenated alkanes) is 5. The number of hydrogen-bond acceptors (Lipinski definition) is 1. The van der Waals surface area contributed by atoms with Crippen molar-refractivity contribution < 1.29 is 0 Å². The van der Waals surface area contributed by atoms with Crippen LogP contribution in [0.5, 0.6) is 0 Å². The highest BCUT2D eigenvalue weighted by Gasteiger charge is 2.00. The van der Waals surface area contributed by atoms with Gasteiger partial charge < -0.3 is 0 Å².